The van der Waals surface area contributed by atoms with Crippen LogP contribution in [0.3, 0.4) is 0 Å². The van der Waals surface area contributed by atoms with Crippen molar-refractivity contribution in [3.63, 3.8) is 0 Å². The van der Waals surface area contributed by atoms with Gasteiger partial charge in [0.25, 0.3) is 0 Å². The summed E-state index contributed by atoms with van der Waals surface area (Å²) in [5.41, 5.74) is 0.296. The van der Waals surface area contributed by atoms with Crippen LogP contribution in [0.15, 0.2) is 0 Å². The summed E-state index contributed by atoms with van der Waals surface area (Å²) in [6, 6.07) is 0.611. The van der Waals surface area contributed by atoms with Crippen LogP contribution < -0.4 is 21.3 Å². The second-order valence-electron chi connectivity index (χ2n) is 10.9. The van der Waals surface area contributed by atoms with E-state index in [0.29, 0.717) is 12.6 Å². The first-order valence-corrected chi connectivity index (χ1v) is 9.79. The van der Waals surface area contributed by atoms with Crippen molar-refractivity contribution in [2.24, 2.45) is 0 Å². The highest BCUT2D eigenvalue weighted by atomic mass is 16.2. The Hall–Kier alpha value is -0.650. The molecule has 2 heterocycles. The van der Waals surface area contributed by atoms with Crippen molar-refractivity contribution >= 4 is 5.91 Å². The van der Waals surface area contributed by atoms with Gasteiger partial charge in [-0.2, -0.15) is 0 Å². The molecule has 2 aliphatic heterocycles. The summed E-state index contributed by atoms with van der Waals surface area (Å²) >= 11 is 0. The Balaban J connectivity index is 1.84. The zero-order valence-electron chi connectivity index (χ0n) is 17.6. The summed E-state index contributed by atoms with van der Waals surface area (Å²) < 4.78 is 0. The van der Waals surface area contributed by atoms with E-state index in [9.17, 15) is 4.79 Å². The van der Waals surface area contributed by atoms with E-state index in [1.807, 2.05) is 0 Å². The number of carbonyl (C=O) groups excluding carboxylic acids is 1. The lowest BCUT2D eigenvalue weighted by atomic mass is 9.79. The molecule has 2 aliphatic rings. The van der Waals surface area contributed by atoms with Crippen LogP contribution in [0.4, 0.5) is 0 Å². The molecule has 2 rings (SSSR count). The topological polar surface area (TPSA) is 65.2 Å². The zero-order chi connectivity index (χ0) is 19.1. The molecule has 0 aromatic carbocycles. The molecule has 0 radical (unpaired) electrons. The predicted octanol–water partition coefficient (Wildman–Crippen LogP) is 2.31. The monoisotopic (exact) mass is 352 g/mol. The number of amides is 1. The van der Waals surface area contributed by atoms with Gasteiger partial charge in [-0.25, -0.2) is 0 Å². The summed E-state index contributed by atoms with van der Waals surface area (Å²) in [6.07, 6.45) is 4.01. The van der Waals surface area contributed by atoms with E-state index in [4.69, 9.17) is 0 Å². The minimum absolute atomic E-state index is 0.0518. The molecule has 1 amide bonds. The van der Waals surface area contributed by atoms with Gasteiger partial charge in [0.1, 0.15) is 0 Å². The maximum Gasteiger partial charge on any atom is 0.234 e. The fraction of sp³-hybridized carbons (Fsp3) is 0.950. The lowest BCUT2D eigenvalue weighted by molar-refractivity contribution is -0.121. The third-order valence-electron chi connectivity index (χ3n) is 5.30. The molecule has 0 unspecified atom stereocenters. The maximum absolute atomic E-state index is 12.5. The number of hydrogen-bond donors (Lipinski definition) is 4. The highest BCUT2D eigenvalue weighted by Crippen LogP contribution is 2.29. The van der Waals surface area contributed by atoms with E-state index in [0.717, 1.165) is 25.7 Å². The Kier molecular flexibility index (Phi) is 5.64. The van der Waals surface area contributed by atoms with E-state index < -0.39 is 0 Å². The van der Waals surface area contributed by atoms with Crippen LogP contribution in [0.25, 0.3) is 0 Å². The SMILES string of the molecule is CC1(C)CC(NCC(=O)NC2CC(C)(C)NC(C)(C)C2)CC(C)(C)N1. The van der Waals surface area contributed by atoms with Crippen LogP contribution in [0.5, 0.6) is 0 Å². The number of piperidine rings is 2. The molecule has 0 aromatic heterocycles. The van der Waals surface area contributed by atoms with Crippen molar-refractivity contribution in [1.29, 1.82) is 0 Å². The molecule has 2 saturated heterocycles. The Morgan fingerprint density at radius 1 is 0.760 bits per heavy atom. The largest absolute Gasteiger partial charge is 0.352 e. The molecule has 4 N–H and O–H groups in total. The summed E-state index contributed by atoms with van der Waals surface area (Å²) in [5.74, 6) is 0.118. The van der Waals surface area contributed by atoms with Crippen molar-refractivity contribution in [3.05, 3.63) is 0 Å². The van der Waals surface area contributed by atoms with Gasteiger partial charge in [-0.1, -0.05) is 0 Å². The summed E-state index contributed by atoms with van der Waals surface area (Å²) in [4.78, 5) is 12.5. The lowest BCUT2D eigenvalue weighted by Gasteiger charge is -2.47. The predicted molar refractivity (Wildman–Crippen MR) is 105 cm³/mol. The molecule has 0 saturated carbocycles. The molecule has 25 heavy (non-hydrogen) atoms. The minimum atomic E-state index is 0.0518. The Morgan fingerprint density at radius 2 is 1.12 bits per heavy atom. The number of nitrogens with one attached hydrogen (secondary N) is 4. The smallest absolute Gasteiger partial charge is 0.234 e. The van der Waals surface area contributed by atoms with Gasteiger partial charge in [-0.05, 0) is 81.1 Å². The standard InChI is InChI=1S/C20H40N4O/c1-17(2)9-14(10-18(3,4)23-17)21-13-16(25)22-15-11-19(5,6)24-20(7,8)12-15/h14-15,21,23-24H,9-13H2,1-8H3,(H,22,25). The molecule has 5 nitrogen and oxygen atoms in total. The van der Waals surface area contributed by atoms with Crippen LogP contribution in [0.1, 0.15) is 81.1 Å². The Labute approximate surface area is 154 Å². The quantitative estimate of drug-likeness (QED) is 0.627. The zero-order valence-corrected chi connectivity index (χ0v) is 17.6. The van der Waals surface area contributed by atoms with Gasteiger partial charge in [-0.3, -0.25) is 4.79 Å². The molecule has 0 bridgehead atoms. The van der Waals surface area contributed by atoms with Crippen LogP contribution in [0, 0.1) is 0 Å². The third-order valence-corrected chi connectivity index (χ3v) is 5.30. The van der Waals surface area contributed by atoms with Gasteiger partial charge in [0.05, 0.1) is 6.54 Å². The average Bonchev–Trinajstić information content (AvgIpc) is 2.28. The second kappa shape index (κ2) is 6.82. The fourth-order valence-electron chi connectivity index (χ4n) is 5.41. The van der Waals surface area contributed by atoms with E-state index in [-0.39, 0.29) is 34.1 Å². The van der Waals surface area contributed by atoms with E-state index in [1.54, 1.807) is 0 Å². The van der Waals surface area contributed by atoms with Gasteiger partial charge in [0, 0.05) is 34.2 Å². The molecular weight excluding hydrogens is 312 g/mol. The number of hydrogen-bond acceptors (Lipinski definition) is 4. The first kappa shape index (κ1) is 20.7. The summed E-state index contributed by atoms with van der Waals surface area (Å²) in [5, 5.41) is 14.1. The third kappa shape index (κ3) is 6.54. The van der Waals surface area contributed by atoms with E-state index >= 15 is 0 Å². The van der Waals surface area contributed by atoms with Crippen molar-refractivity contribution in [1.82, 2.24) is 21.3 Å². The summed E-state index contributed by atoms with van der Waals surface area (Å²) in [7, 11) is 0. The molecule has 146 valence electrons. The van der Waals surface area contributed by atoms with Crippen molar-refractivity contribution in [3.8, 4) is 0 Å². The van der Waals surface area contributed by atoms with Gasteiger partial charge < -0.3 is 21.3 Å². The first-order valence-electron chi connectivity index (χ1n) is 9.79. The van der Waals surface area contributed by atoms with Gasteiger partial charge in [-0.15, -0.1) is 0 Å². The maximum atomic E-state index is 12.5. The number of carbonyl (C=O) groups is 1. The lowest BCUT2D eigenvalue weighted by Crippen LogP contribution is -2.63. The fourth-order valence-corrected chi connectivity index (χ4v) is 5.41. The highest BCUT2D eigenvalue weighted by molar-refractivity contribution is 5.78. The normalized spacial score (nSPS) is 28.5. The molecule has 0 atom stereocenters. The average molecular weight is 353 g/mol. The molecule has 0 aliphatic carbocycles. The first-order chi connectivity index (χ1) is 11.2. The Bertz CT molecular complexity index is 464. The molecule has 5 heteroatoms. The van der Waals surface area contributed by atoms with Crippen LogP contribution in [-0.4, -0.2) is 46.7 Å². The molecule has 0 spiro atoms. The van der Waals surface area contributed by atoms with Gasteiger partial charge >= 0.3 is 0 Å². The van der Waals surface area contributed by atoms with Crippen molar-refractivity contribution < 1.29 is 4.79 Å². The summed E-state index contributed by atoms with van der Waals surface area (Å²) in [6.45, 7) is 18.2. The van der Waals surface area contributed by atoms with Crippen LogP contribution in [-0.2, 0) is 4.79 Å². The molecule has 0 aromatic rings. The molecular formula is C20H40N4O. The highest BCUT2D eigenvalue weighted by Gasteiger charge is 2.39. The van der Waals surface area contributed by atoms with Gasteiger partial charge in [0.2, 0.25) is 5.91 Å². The van der Waals surface area contributed by atoms with Crippen molar-refractivity contribution in [2.75, 3.05) is 6.54 Å². The van der Waals surface area contributed by atoms with E-state index in [1.165, 1.54) is 0 Å². The van der Waals surface area contributed by atoms with Crippen molar-refractivity contribution in [2.45, 2.75) is 115 Å². The van der Waals surface area contributed by atoms with Gasteiger partial charge in [0.15, 0.2) is 0 Å². The molecule has 2 fully saturated rings. The number of rotatable bonds is 4. The van der Waals surface area contributed by atoms with E-state index in [2.05, 4.69) is 76.7 Å². The minimum Gasteiger partial charge on any atom is -0.352 e. The van der Waals surface area contributed by atoms with Crippen LogP contribution in [0.2, 0.25) is 0 Å². The second-order valence-corrected chi connectivity index (χ2v) is 10.9. The Morgan fingerprint density at radius 3 is 1.52 bits per heavy atom. The van der Waals surface area contributed by atoms with Crippen LogP contribution >= 0.6 is 0 Å².